The van der Waals surface area contributed by atoms with Crippen LogP contribution >= 0.6 is 0 Å². The fraction of sp³-hybridized carbons (Fsp3) is 0.562. The van der Waals surface area contributed by atoms with E-state index < -0.39 is 0 Å². The Labute approximate surface area is 125 Å². The second-order valence-corrected chi connectivity index (χ2v) is 6.00. The van der Waals surface area contributed by atoms with Crippen LogP contribution < -0.4 is 5.73 Å². The molecule has 0 unspecified atom stereocenters. The van der Waals surface area contributed by atoms with Crippen LogP contribution in [-0.4, -0.2) is 54.2 Å². The molecule has 2 heterocycles. The van der Waals surface area contributed by atoms with E-state index in [0.29, 0.717) is 18.7 Å². The summed E-state index contributed by atoms with van der Waals surface area (Å²) in [5.74, 6) is 0. The minimum Gasteiger partial charge on any atom is -0.445 e. The number of ether oxygens (including phenoxy) is 1. The summed E-state index contributed by atoms with van der Waals surface area (Å²) in [7, 11) is 0. The highest BCUT2D eigenvalue weighted by Gasteiger charge is 2.34. The van der Waals surface area contributed by atoms with Crippen LogP contribution in [0.1, 0.15) is 18.4 Å². The van der Waals surface area contributed by atoms with E-state index >= 15 is 0 Å². The molecule has 5 heteroatoms. The topological polar surface area (TPSA) is 58.8 Å². The monoisotopic (exact) mass is 289 g/mol. The highest BCUT2D eigenvalue weighted by atomic mass is 16.6. The van der Waals surface area contributed by atoms with Crippen molar-refractivity contribution in [1.29, 1.82) is 0 Å². The molecule has 3 rings (SSSR count). The third kappa shape index (κ3) is 3.54. The fourth-order valence-corrected chi connectivity index (χ4v) is 3.08. The number of rotatable bonds is 3. The number of likely N-dealkylation sites (tertiary alicyclic amines) is 2. The zero-order valence-corrected chi connectivity index (χ0v) is 12.3. The van der Waals surface area contributed by atoms with Crippen molar-refractivity contribution in [2.45, 2.75) is 31.5 Å². The van der Waals surface area contributed by atoms with Gasteiger partial charge < -0.3 is 15.4 Å². The molecule has 1 amide bonds. The van der Waals surface area contributed by atoms with Gasteiger partial charge in [-0.25, -0.2) is 4.79 Å². The maximum absolute atomic E-state index is 12.2. The van der Waals surface area contributed by atoms with Crippen molar-refractivity contribution in [3.63, 3.8) is 0 Å². The molecule has 2 N–H and O–H groups in total. The summed E-state index contributed by atoms with van der Waals surface area (Å²) in [6.07, 6.45) is 1.99. The zero-order chi connectivity index (χ0) is 14.7. The largest absolute Gasteiger partial charge is 0.445 e. The van der Waals surface area contributed by atoms with Gasteiger partial charge in [0, 0.05) is 38.3 Å². The Morgan fingerprint density at radius 3 is 2.71 bits per heavy atom. The van der Waals surface area contributed by atoms with Crippen LogP contribution in [0.3, 0.4) is 0 Å². The van der Waals surface area contributed by atoms with E-state index in [-0.39, 0.29) is 6.09 Å². The standard InChI is InChI=1S/C16H23N3O2/c17-14-9-19(10-14)15-7-4-8-18(11-15)16(20)21-12-13-5-2-1-3-6-13/h1-3,5-6,14-15H,4,7-12,17H2/t15-/m0/s1. The summed E-state index contributed by atoms with van der Waals surface area (Å²) in [5, 5.41) is 0. The molecule has 114 valence electrons. The molecule has 0 bridgehead atoms. The van der Waals surface area contributed by atoms with Crippen molar-refractivity contribution < 1.29 is 9.53 Å². The predicted molar refractivity (Wildman–Crippen MR) is 80.8 cm³/mol. The number of nitrogens with zero attached hydrogens (tertiary/aromatic N) is 2. The van der Waals surface area contributed by atoms with Crippen molar-refractivity contribution in [3.8, 4) is 0 Å². The van der Waals surface area contributed by atoms with Gasteiger partial charge in [0.25, 0.3) is 0 Å². The normalized spacial score (nSPS) is 23.7. The molecule has 0 spiro atoms. The van der Waals surface area contributed by atoms with Gasteiger partial charge in [-0.1, -0.05) is 30.3 Å². The molecule has 2 saturated heterocycles. The Bertz CT molecular complexity index is 474. The van der Waals surface area contributed by atoms with Crippen molar-refractivity contribution in [1.82, 2.24) is 9.80 Å². The maximum atomic E-state index is 12.2. The predicted octanol–water partition coefficient (Wildman–Crippen LogP) is 1.43. The molecule has 0 aliphatic carbocycles. The van der Waals surface area contributed by atoms with Crippen LogP contribution in [-0.2, 0) is 11.3 Å². The molecular weight excluding hydrogens is 266 g/mol. The molecule has 0 aromatic heterocycles. The van der Waals surface area contributed by atoms with Crippen molar-refractivity contribution in [2.75, 3.05) is 26.2 Å². The van der Waals surface area contributed by atoms with Gasteiger partial charge in [-0.2, -0.15) is 0 Å². The number of hydrogen-bond acceptors (Lipinski definition) is 4. The van der Waals surface area contributed by atoms with Gasteiger partial charge in [-0.05, 0) is 18.4 Å². The molecular formula is C16H23N3O2. The summed E-state index contributed by atoms with van der Waals surface area (Å²) < 4.78 is 5.41. The summed E-state index contributed by atoms with van der Waals surface area (Å²) in [6.45, 7) is 3.81. The molecule has 2 fully saturated rings. The van der Waals surface area contributed by atoms with E-state index in [9.17, 15) is 4.79 Å². The molecule has 21 heavy (non-hydrogen) atoms. The Kier molecular flexibility index (Phi) is 4.41. The summed E-state index contributed by atoms with van der Waals surface area (Å²) in [4.78, 5) is 16.4. The van der Waals surface area contributed by atoms with Gasteiger partial charge in [0.2, 0.25) is 0 Å². The van der Waals surface area contributed by atoms with Gasteiger partial charge in [0.05, 0.1) is 0 Å². The van der Waals surface area contributed by atoms with Crippen LogP contribution in [0.2, 0.25) is 0 Å². The SMILES string of the molecule is NC1CN([C@H]2CCCN(C(=O)OCc3ccccc3)C2)C1. The quantitative estimate of drug-likeness (QED) is 0.914. The Hall–Kier alpha value is -1.59. The lowest BCUT2D eigenvalue weighted by atomic mass is 9.99. The second-order valence-electron chi connectivity index (χ2n) is 6.00. The lowest BCUT2D eigenvalue weighted by Gasteiger charge is -2.46. The van der Waals surface area contributed by atoms with Gasteiger partial charge in [0.1, 0.15) is 6.61 Å². The average Bonchev–Trinajstić information content (AvgIpc) is 2.50. The number of carbonyl (C=O) groups is 1. The lowest BCUT2D eigenvalue weighted by Crippen LogP contribution is -2.62. The van der Waals surface area contributed by atoms with E-state index in [1.165, 1.54) is 0 Å². The number of nitrogens with two attached hydrogens (primary N) is 1. The first kappa shape index (κ1) is 14.4. The number of benzene rings is 1. The van der Waals surface area contributed by atoms with E-state index in [1.54, 1.807) is 0 Å². The van der Waals surface area contributed by atoms with Crippen LogP contribution in [0, 0.1) is 0 Å². The highest BCUT2D eigenvalue weighted by Crippen LogP contribution is 2.21. The molecule has 0 radical (unpaired) electrons. The average molecular weight is 289 g/mol. The Balaban J connectivity index is 1.48. The number of hydrogen-bond donors (Lipinski definition) is 1. The maximum Gasteiger partial charge on any atom is 0.410 e. The van der Waals surface area contributed by atoms with Gasteiger partial charge in [0.15, 0.2) is 0 Å². The minimum atomic E-state index is -0.201. The molecule has 0 saturated carbocycles. The first-order valence-corrected chi connectivity index (χ1v) is 7.67. The first-order valence-electron chi connectivity index (χ1n) is 7.67. The summed E-state index contributed by atoms with van der Waals surface area (Å²) >= 11 is 0. The minimum absolute atomic E-state index is 0.201. The molecule has 2 aliphatic rings. The Morgan fingerprint density at radius 2 is 2.00 bits per heavy atom. The van der Waals surface area contributed by atoms with Crippen LogP contribution in [0.15, 0.2) is 30.3 Å². The first-order chi connectivity index (χ1) is 10.2. The third-order valence-electron chi connectivity index (χ3n) is 4.31. The van der Waals surface area contributed by atoms with Crippen molar-refractivity contribution in [2.24, 2.45) is 5.73 Å². The van der Waals surface area contributed by atoms with Crippen LogP contribution in [0.5, 0.6) is 0 Å². The second kappa shape index (κ2) is 6.45. The highest BCUT2D eigenvalue weighted by molar-refractivity contribution is 5.67. The number of piperidine rings is 1. The van der Waals surface area contributed by atoms with Crippen molar-refractivity contribution >= 4 is 6.09 Å². The molecule has 1 aromatic carbocycles. The lowest BCUT2D eigenvalue weighted by molar-refractivity contribution is 0.0309. The smallest absolute Gasteiger partial charge is 0.410 e. The van der Waals surface area contributed by atoms with E-state index in [1.807, 2.05) is 35.2 Å². The van der Waals surface area contributed by atoms with E-state index in [4.69, 9.17) is 10.5 Å². The van der Waals surface area contributed by atoms with E-state index in [0.717, 1.165) is 44.6 Å². The van der Waals surface area contributed by atoms with Crippen LogP contribution in [0.4, 0.5) is 4.79 Å². The molecule has 1 atom stereocenters. The number of amides is 1. The van der Waals surface area contributed by atoms with Gasteiger partial charge in [-0.15, -0.1) is 0 Å². The summed E-state index contributed by atoms with van der Waals surface area (Å²) in [6, 6.07) is 10.5. The molecule has 2 aliphatic heterocycles. The summed E-state index contributed by atoms with van der Waals surface area (Å²) in [5.41, 5.74) is 6.86. The molecule has 5 nitrogen and oxygen atoms in total. The van der Waals surface area contributed by atoms with E-state index in [2.05, 4.69) is 4.90 Å². The van der Waals surface area contributed by atoms with Crippen LogP contribution in [0.25, 0.3) is 0 Å². The van der Waals surface area contributed by atoms with Gasteiger partial charge in [-0.3, -0.25) is 4.90 Å². The third-order valence-corrected chi connectivity index (χ3v) is 4.31. The number of carbonyl (C=O) groups excluding carboxylic acids is 1. The fourth-order valence-electron chi connectivity index (χ4n) is 3.08. The molecule has 1 aromatic rings. The van der Waals surface area contributed by atoms with Crippen molar-refractivity contribution in [3.05, 3.63) is 35.9 Å². The zero-order valence-electron chi connectivity index (χ0n) is 12.3. The van der Waals surface area contributed by atoms with Gasteiger partial charge >= 0.3 is 6.09 Å². The Morgan fingerprint density at radius 1 is 1.24 bits per heavy atom.